The van der Waals surface area contributed by atoms with Gasteiger partial charge in [-0.25, -0.2) is 0 Å². The van der Waals surface area contributed by atoms with Crippen LogP contribution >= 0.6 is 0 Å². The molecule has 0 heterocycles. The number of nitrogens with one attached hydrogen (secondary N) is 1. The van der Waals surface area contributed by atoms with Crippen LogP contribution in [0.4, 0.5) is 0 Å². The number of aliphatic hydroxyl groups excluding tert-OH is 1. The zero-order valence-electron chi connectivity index (χ0n) is 33.5. The number of hydrogen-bond acceptors (Lipinski definition) is 4. The molecule has 0 radical (unpaired) electrons. The minimum absolute atomic E-state index is 0.288. The second kappa shape index (κ2) is 38.3. The number of amides is 1. The van der Waals surface area contributed by atoms with E-state index in [0.717, 1.165) is 38.5 Å². The van der Waals surface area contributed by atoms with Crippen LogP contribution in [0.15, 0.2) is 36.5 Å². The van der Waals surface area contributed by atoms with E-state index in [0.29, 0.717) is 6.42 Å². The average Bonchev–Trinajstić information content (AvgIpc) is 3.09. The lowest BCUT2D eigenvalue weighted by atomic mass is 10.0. The molecule has 7 heteroatoms. The summed E-state index contributed by atoms with van der Waals surface area (Å²) in [6, 6.07) is -1.08. The Hall–Kier alpha value is -1.44. The largest absolute Gasteiger partial charge is 0.387 e. The molecule has 0 aliphatic heterocycles. The Morgan fingerprint density at radius 1 is 0.510 bits per heavy atom. The maximum atomic E-state index is 12.5. The number of hydrogen-bond donors (Lipinski definition) is 3. The van der Waals surface area contributed by atoms with Gasteiger partial charge in [-0.15, -0.1) is 0 Å². The molecule has 0 aromatic carbocycles. The van der Waals surface area contributed by atoms with Crippen molar-refractivity contribution in [1.82, 2.24) is 5.32 Å². The highest BCUT2D eigenvalue weighted by molar-refractivity contribution is 7.85. The highest BCUT2D eigenvalue weighted by Crippen LogP contribution is 2.15. The van der Waals surface area contributed by atoms with E-state index in [4.69, 9.17) is 0 Å². The van der Waals surface area contributed by atoms with E-state index < -0.39 is 28.0 Å². The summed E-state index contributed by atoms with van der Waals surface area (Å²) in [5.41, 5.74) is 0. The highest BCUT2D eigenvalue weighted by atomic mass is 32.2. The Kier molecular flexibility index (Phi) is 37.2. The van der Waals surface area contributed by atoms with E-state index in [2.05, 4.69) is 43.5 Å². The second-order valence-electron chi connectivity index (χ2n) is 15.0. The molecule has 51 heavy (non-hydrogen) atoms. The molecule has 0 aromatic rings. The Bertz CT molecular complexity index is 945. The van der Waals surface area contributed by atoms with Crippen LogP contribution in [0.5, 0.6) is 0 Å². The van der Waals surface area contributed by atoms with Crippen molar-refractivity contribution in [2.24, 2.45) is 0 Å². The minimum Gasteiger partial charge on any atom is -0.387 e. The van der Waals surface area contributed by atoms with Gasteiger partial charge in [-0.1, -0.05) is 204 Å². The van der Waals surface area contributed by atoms with E-state index in [-0.39, 0.29) is 12.3 Å². The third-order valence-electron chi connectivity index (χ3n) is 9.80. The zero-order valence-corrected chi connectivity index (χ0v) is 34.3. The van der Waals surface area contributed by atoms with E-state index in [1.165, 1.54) is 160 Å². The number of carbonyl (C=O) groups is 1. The lowest BCUT2D eigenvalue weighted by molar-refractivity contribution is -0.122. The second-order valence-corrected chi connectivity index (χ2v) is 16.5. The first-order chi connectivity index (χ1) is 24.8. The van der Waals surface area contributed by atoms with Crippen LogP contribution in [0.2, 0.25) is 0 Å². The molecule has 0 spiro atoms. The summed E-state index contributed by atoms with van der Waals surface area (Å²) in [6.07, 6.45) is 49.9. The molecule has 0 saturated carbocycles. The molecular weight excluding hydrogens is 655 g/mol. The highest BCUT2D eigenvalue weighted by Gasteiger charge is 2.24. The fourth-order valence-corrected chi connectivity index (χ4v) is 7.28. The average molecular weight is 738 g/mol. The van der Waals surface area contributed by atoms with Crippen LogP contribution in [0, 0.1) is 0 Å². The smallest absolute Gasteiger partial charge is 0.267 e. The zero-order chi connectivity index (χ0) is 37.5. The van der Waals surface area contributed by atoms with Crippen LogP contribution in [0.25, 0.3) is 0 Å². The lowest BCUT2D eigenvalue weighted by Crippen LogP contribution is -2.46. The standard InChI is InChI=1S/C44H83NO5S/c1-3-5-7-9-11-13-15-17-19-21-22-23-24-26-28-30-32-34-36-38-40-44(47)45-42(41-51(48,49)50)43(46)39-37-35-33-31-29-27-25-20-18-16-14-12-10-8-6-4-2/h18,20,29,31,37,39,42-43,46H,3-17,19,21-28,30,32-36,38,40-41H2,1-2H3,(H,45,47)(H,48,49,50)/b20-18+,31-29+,39-37+. The summed E-state index contributed by atoms with van der Waals surface area (Å²) < 4.78 is 32.5. The number of carbonyl (C=O) groups excluding carboxylic acids is 1. The van der Waals surface area contributed by atoms with Crippen molar-refractivity contribution in [3.8, 4) is 0 Å². The minimum atomic E-state index is -4.36. The first kappa shape index (κ1) is 49.6. The van der Waals surface area contributed by atoms with Crippen molar-refractivity contribution in [3.63, 3.8) is 0 Å². The summed E-state index contributed by atoms with van der Waals surface area (Å²) in [4.78, 5) is 12.5. The Balaban J connectivity index is 3.91. The van der Waals surface area contributed by atoms with E-state index in [1.54, 1.807) is 6.08 Å². The monoisotopic (exact) mass is 738 g/mol. The van der Waals surface area contributed by atoms with Crippen molar-refractivity contribution in [2.45, 2.75) is 231 Å². The molecular formula is C44H83NO5S. The van der Waals surface area contributed by atoms with Gasteiger partial charge in [-0.3, -0.25) is 9.35 Å². The van der Waals surface area contributed by atoms with Crippen molar-refractivity contribution in [1.29, 1.82) is 0 Å². The van der Waals surface area contributed by atoms with Gasteiger partial charge >= 0.3 is 0 Å². The topological polar surface area (TPSA) is 104 Å². The van der Waals surface area contributed by atoms with Crippen LogP contribution in [-0.4, -0.2) is 41.9 Å². The predicted molar refractivity (Wildman–Crippen MR) is 221 cm³/mol. The quantitative estimate of drug-likeness (QED) is 0.0331. The van der Waals surface area contributed by atoms with Gasteiger partial charge in [-0.2, -0.15) is 8.42 Å². The molecule has 0 fully saturated rings. The summed E-state index contributed by atoms with van der Waals surface area (Å²) in [5, 5.41) is 13.2. The fraction of sp³-hybridized carbons (Fsp3) is 0.841. The summed E-state index contributed by atoms with van der Waals surface area (Å²) in [7, 11) is -4.36. The molecule has 2 atom stereocenters. The molecule has 1 amide bonds. The molecule has 6 nitrogen and oxygen atoms in total. The third-order valence-corrected chi connectivity index (χ3v) is 10.6. The molecule has 0 aromatic heterocycles. The SMILES string of the molecule is CCCCCCCC/C=C/CC/C=C/CC/C=C/C(O)C(CS(=O)(=O)O)NC(=O)CCCCCCCCCCCCCCCCCCCCCC. The van der Waals surface area contributed by atoms with Crippen LogP contribution < -0.4 is 5.32 Å². The van der Waals surface area contributed by atoms with E-state index in [9.17, 15) is 22.9 Å². The molecule has 2 unspecified atom stereocenters. The van der Waals surface area contributed by atoms with Gasteiger partial charge in [0.15, 0.2) is 0 Å². The van der Waals surface area contributed by atoms with Gasteiger partial charge < -0.3 is 10.4 Å². The first-order valence-electron chi connectivity index (χ1n) is 21.7. The molecule has 0 aliphatic carbocycles. The Morgan fingerprint density at radius 2 is 0.843 bits per heavy atom. The van der Waals surface area contributed by atoms with E-state index in [1.807, 2.05) is 0 Å². The van der Waals surface area contributed by atoms with Gasteiger partial charge in [-0.05, 0) is 44.9 Å². The van der Waals surface area contributed by atoms with Crippen LogP contribution in [0.1, 0.15) is 219 Å². The maximum absolute atomic E-state index is 12.5. The van der Waals surface area contributed by atoms with Gasteiger partial charge in [0.25, 0.3) is 10.1 Å². The molecule has 0 aliphatic rings. The van der Waals surface area contributed by atoms with Gasteiger partial charge in [0.2, 0.25) is 5.91 Å². The summed E-state index contributed by atoms with van der Waals surface area (Å²) in [6.45, 7) is 4.52. The van der Waals surface area contributed by atoms with Gasteiger partial charge in [0, 0.05) is 6.42 Å². The molecule has 300 valence electrons. The molecule has 0 rings (SSSR count). The van der Waals surface area contributed by atoms with Crippen molar-refractivity contribution >= 4 is 16.0 Å². The number of unbranched alkanes of at least 4 members (excludes halogenated alkanes) is 27. The number of allylic oxidation sites excluding steroid dienone is 5. The van der Waals surface area contributed by atoms with Crippen molar-refractivity contribution in [2.75, 3.05) is 5.75 Å². The van der Waals surface area contributed by atoms with Gasteiger partial charge in [0.05, 0.1) is 17.9 Å². The van der Waals surface area contributed by atoms with Crippen molar-refractivity contribution in [3.05, 3.63) is 36.5 Å². The number of aliphatic hydroxyl groups is 1. The fourth-order valence-electron chi connectivity index (χ4n) is 6.54. The summed E-state index contributed by atoms with van der Waals surface area (Å²) >= 11 is 0. The van der Waals surface area contributed by atoms with Crippen LogP contribution in [-0.2, 0) is 14.9 Å². The summed E-state index contributed by atoms with van der Waals surface area (Å²) in [5.74, 6) is -1.00. The molecule has 0 saturated heterocycles. The first-order valence-corrected chi connectivity index (χ1v) is 23.3. The Labute approximate surface area is 316 Å². The molecule has 0 bridgehead atoms. The van der Waals surface area contributed by atoms with Crippen molar-refractivity contribution < 1.29 is 22.9 Å². The third kappa shape index (κ3) is 39.6. The molecule has 3 N–H and O–H groups in total. The van der Waals surface area contributed by atoms with Crippen LogP contribution in [0.3, 0.4) is 0 Å². The van der Waals surface area contributed by atoms with Gasteiger partial charge in [0.1, 0.15) is 0 Å². The van der Waals surface area contributed by atoms with E-state index >= 15 is 0 Å². The number of rotatable bonds is 39. The normalized spacial score (nSPS) is 13.6. The Morgan fingerprint density at radius 3 is 1.24 bits per heavy atom. The predicted octanol–water partition coefficient (Wildman–Crippen LogP) is 12.9. The lowest BCUT2D eigenvalue weighted by Gasteiger charge is -2.21. The maximum Gasteiger partial charge on any atom is 0.267 e.